The molecule has 0 bridgehead atoms. The van der Waals surface area contributed by atoms with Gasteiger partial charge in [0.1, 0.15) is 5.76 Å². The maximum atomic E-state index is 10.7. The lowest BCUT2D eigenvalue weighted by Crippen LogP contribution is -2.01. The van der Waals surface area contributed by atoms with Crippen molar-refractivity contribution in [1.29, 1.82) is 0 Å². The van der Waals surface area contributed by atoms with E-state index in [1.54, 1.807) is 6.07 Å². The summed E-state index contributed by atoms with van der Waals surface area (Å²) in [6.45, 7) is 4.03. The second kappa shape index (κ2) is 4.97. The van der Waals surface area contributed by atoms with Crippen molar-refractivity contribution in [3.05, 3.63) is 45.7 Å². The highest BCUT2D eigenvalue weighted by atomic mass is 16.6. The molecule has 0 amide bonds. The van der Waals surface area contributed by atoms with Gasteiger partial charge in [-0.1, -0.05) is 0 Å². The van der Waals surface area contributed by atoms with E-state index < -0.39 is 4.92 Å². The number of aromatic nitrogens is 1. The van der Waals surface area contributed by atoms with Crippen molar-refractivity contribution in [2.45, 2.75) is 20.4 Å². The molecular weight excluding hydrogens is 248 g/mol. The molecule has 2 rings (SSSR count). The van der Waals surface area contributed by atoms with Crippen molar-refractivity contribution in [3.8, 4) is 0 Å². The van der Waals surface area contributed by atoms with Crippen molar-refractivity contribution in [2.75, 3.05) is 11.1 Å². The number of oxazole rings is 1. The number of non-ortho nitro benzene ring substituents is 1. The van der Waals surface area contributed by atoms with Gasteiger partial charge in [0.15, 0.2) is 0 Å². The first-order chi connectivity index (χ1) is 8.95. The molecule has 0 unspecified atom stereocenters. The first-order valence-corrected chi connectivity index (χ1v) is 5.67. The van der Waals surface area contributed by atoms with Crippen LogP contribution >= 0.6 is 0 Å². The Hall–Kier alpha value is -2.57. The van der Waals surface area contributed by atoms with Crippen molar-refractivity contribution in [2.24, 2.45) is 0 Å². The summed E-state index contributed by atoms with van der Waals surface area (Å²) in [4.78, 5) is 14.4. The van der Waals surface area contributed by atoms with Crippen LogP contribution in [-0.2, 0) is 6.54 Å². The van der Waals surface area contributed by atoms with Gasteiger partial charge < -0.3 is 15.5 Å². The molecular formula is C12H14N4O3. The molecule has 1 aromatic heterocycles. The van der Waals surface area contributed by atoms with Crippen LogP contribution in [0.1, 0.15) is 17.3 Å². The molecule has 0 saturated carbocycles. The number of anilines is 2. The molecule has 0 saturated heterocycles. The van der Waals surface area contributed by atoms with Crippen molar-refractivity contribution < 1.29 is 9.34 Å². The molecule has 1 aromatic carbocycles. The number of nitro benzene ring substituents is 1. The quantitative estimate of drug-likeness (QED) is 0.497. The van der Waals surface area contributed by atoms with Crippen molar-refractivity contribution in [3.63, 3.8) is 0 Å². The van der Waals surface area contributed by atoms with E-state index in [0.717, 1.165) is 11.5 Å². The van der Waals surface area contributed by atoms with Crippen LogP contribution in [-0.4, -0.2) is 9.91 Å². The number of aryl methyl sites for hydroxylation is 2. The van der Waals surface area contributed by atoms with E-state index in [-0.39, 0.29) is 5.69 Å². The van der Waals surface area contributed by atoms with Crippen LogP contribution < -0.4 is 11.1 Å². The highest BCUT2D eigenvalue weighted by molar-refractivity contribution is 5.61. The van der Waals surface area contributed by atoms with Crippen LogP contribution in [0.3, 0.4) is 0 Å². The summed E-state index contributed by atoms with van der Waals surface area (Å²) in [6.07, 6.45) is 0. The average Bonchev–Trinajstić information content (AvgIpc) is 2.65. The second-order valence-corrected chi connectivity index (χ2v) is 4.17. The predicted molar refractivity (Wildman–Crippen MR) is 70.8 cm³/mol. The van der Waals surface area contributed by atoms with Gasteiger partial charge >= 0.3 is 0 Å². The van der Waals surface area contributed by atoms with Crippen LogP contribution in [0, 0.1) is 24.0 Å². The van der Waals surface area contributed by atoms with Crippen molar-refractivity contribution >= 4 is 17.1 Å². The molecule has 0 aliphatic carbocycles. The number of benzene rings is 1. The smallest absolute Gasteiger partial charge is 0.273 e. The van der Waals surface area contributed by atoms with E-state index in [2.05, 4.69) is 10.3 Å². The Morgan fingerprint density at radius 3 is 2.74 bits per heavy atom. The topological polar surface area (TPSA) is 107 Å². The van der Waals surface area contributed by atoms with Crippen LogP contribution in [0.2, 0.25) is 0 Å². The highest BCUT2D eigenvalue weighted by Crippen LogP contribution is 2.22. The Balaban J connectivity index is 2.13. The minimum absolute atomic E-state index is 0.0535. The average molecular weight is 262 g/mol. The maximum absolute atomic E-state index is 10.7. The molecule has 0 spiro atoms. The number of rotatable bonds is 4. The summed E-state index contributed by atoms with van der Waals surface area (Å²) in [5.41, 5.74) is 7.27. The van der Waals surface area contributed by atoms with Gasteiger partial charge in [-0.3, -0.25) is 10.1 Å². The fraction of sp³-hybridized carbons (Fsp3) is 0.250. The van der Waals surface area contributed by atoms with E-state index in [1.165, 1.54) is 12.1 Å². The highest BCUT2D eigenvalue weighted by Gasteiger charge is 2.10. The minimum Gasteiger partial charge on any atom is -0.444 e. The molecule has 100 valence electrons. The Morgan fingerprint density at radius 2 is 2.16 bits per heavy atom. The molecule has 1 heterocycles. The van der Waals surface area contributed by atoms with Gasteiger partial charge in [-0.05, 0) is 19.9 Å². The Morgan fingerprint density at radius 1 is 1.42 bits per heavy atom. The SMILES string of the molecule is Cc1nc(CNc2cc(N)cc([N+](=O)[O-])c2)oc1C. The van der Waals surface area contributed by atoms with E-state index in [9.17, 15) is 10.1 Å². The number of nitrogen functional groups attached to an aromatic ring is 1. The lowest BCUT2D eigenvalue weighted by molar-refractivity contribution is -0.384. The second-order valence-electron chi connectivity index (χ2n) is 4.17. The van der Waals surface area contributed by atoms with E-state index in [1.807, 2.05) is 13.8 Å². The number of nitrogens with zero attached hydrogens (tertiary/aromatic N) is 2. The van der Waals surface area contributed by atoms with Gasteiger partial charge in [0.2, 0.25) is 5.89 Å². The summed E-state index contributed by atoms with van der Waals surface area (Å²) >= 11 is 0. The summed E-state index contributed by atoms with van der Waals surface area (Å²) in [5, 5.41) is 13.7. The maximum Gasteiger partial charge on any atom is 0.273 e. The Labute approximate surface area is 109 Å². The Bertz CT molecular complexity index is 602. The summed E-state index contributed by atoms with van der Waals surface area (Å²) in [5.74, 6) is 1.29. The Kier molecular flexibility index (Phi) is 3.37. The third kappa shape index (κ3) is 3.01. The van der Waals surface area contributed by atoms with Crippen LogP contribution in [0.5, 0.6) is 0 Å². The van der Waals surface area contributed by atoms with Gasteiger partial charge in [0.25, 0.3) is 5.69 Å². The van der Waals surface area contributed by atoms with E-state index in [4.69, 9.17) is 10.2 Å². The normalized spacial score (nSPS) is 10.4. The minimum atomic E-state index is -0.485. The summed E-state index contributed by atoms with van der Waals surface area (Å²) in [6, 6.07) is 4.35. The number of hydrogen-bond donors (Lipinski definition) is 2. The van der Waals surface area contributed by atoms with E-state index >= 15 is 0 Å². The van der Waals surface area contributed by atoms with Gasteiger partial charge in [0.05, 0.1) is 17.2 Å². The zero-order chi connectivity index (χ0) is 14.0. The van der Waals surface area contributed by atoms with Gasteiger partial charge in [-0.25, -0.2) is 4.98 Å². The molecule has 7 nitrogen and oxygen atoms in total. The molecule has 0 aliphatic rings. The predicted octanol–water partition coefficient (Wildman–Crippen LogP) is 2.39. The van der Waals surface area contributed by atoms with Crippen molar-refractivity contribution in [1.82, 2.24) is 4.98 Å². The number of nitro groups is 1. The number of nitrogens with two attached hydrogens (primary N) is 1. The lowest BCUT2D eigenvalue weighted by Gasteiger charge is -2.05. The first-order valence-electron chi connectivity index (χ1n) is 5.67. The molecule has 0 fully saturated rings. The molecule has 0 radical (unpaired) electrons. The first kappa shape index (κ1) is 12.9. The summed E-state index contributed by atoms with van der Waals surface area (Å²) < 4.78 is 5.41. The number of hydrogen-bond acceptors (Lipinski definition) is 6. The fourth-order valence-electron chi connectivity index (χ4n) is 1.63. The molecule has 3 N–H and O–H groups in total. The van der Waals surface area contributed by atoms with Gasteiger partial charge in [0, 0.05) is 23.5 Å². The fourth-order valence-corrected chi connectivity index (χ4v) is 1.63. The lowest BCUT2D eigenvalue weighted by atomic mass is 10.2. The third-order valence-electron chi connectivity index (χ3n) is 2.67. The van der Waals surface area contributed by atoms with Gasteiger partial charge in [-0.15, -0.1) is 0 Å². The molecule has 0 atom stereocenters. The van der Waals surface area contributed by atoms with Crippen LogP contribution in [0.4, 0.5) is 17.1 Å². The molecule has 7 heteroatoms. The van der Waals surface area contributed by atoms with E-state index in [0.29, 0.717) is 23.8 Å². The molecule has 0 aliphatic heterocycles. The largest absolute Gasteiger partial charge is 0.444 e. The zero-order valence-corrected chi connectivity index (χ0v) is 10.6. The summed E-state index contributed by atoms with van der Waals surface area (Å²) in [7, 11) is 0. The third-order valence-corrected chi connectivity index (χ3v) is 2.67. The van der Waals surface area contributed by atoms with Crippen LogP contribution in [0.15, 0.2) is 22.6 Å². The molecule has 2 aromatic rings. The number of nitrogens with one attached hydrogen (secondary N) is 1. The van der Waals surface area contributed by atoms with Crippen LogP contribution in [0.25, 0.3) is 0 Å². The van der Waals surface area contributed by atoms with Gasteiger partial charge in [-0.2, -0.15) is 0 Å². The molecule has 19 heavy (non-hydrogen) atoms. The standard InChI is InChI=1S/C12H14N4O3/c1-7-8(2)19-12(15-7)6-14-10-3-9(13)4-11(5-10)16(17)18/h3-5,14H,6,13H2,1-2H3. The zero-order valence-electron chi connectivity index (χ0n) is 10.6. The monoisotopic (exact) mass is 262 g/mol.